The summed E-state index contributed by atoms with van der Waals surface area (Å²) in [5.41, 5.74) is 1.46. The van der Waals surface area contributed by atoms with Crippen molar-refractivity contribution in [3.8, 4) is 0 Å². The van der Waals surface area contributed by atoms with Gasteiger partial charge in [-0.05, 0) is 51.0 Å². The van der Waals surface area contributed by atoms with Gasteiger partial charge in [-0.2, -0.15) is 0 Å². The number of rotatable bonds is 4. The lowest BCUT2D eigenvalue weighted by Crippen LogP contribution is -2.39. The van der Waals surface area contributed by atoms with Crippen molar-refractivity contribution in [1.82, 2.24) is 24.5 Å². The molecule has 0 saturated carbocycles. The Morgan fingerprint density at radius 3 is 2.89 bits per heavy atom. The van der Waals surface area contributed by atoms with Crippen LogP contribution in [0, 0.1) is 0 Å². The lowest BCUT2D eigenvalue weighted by Gasteiger charge is -2.32. The number of amides is 1. The predicted molar refractivity (Wildman–Crippen MR) is 104 cm³/mol. The Kier molecular flexibility index (Phi) is 4.75. The maximum atomic E-state index is 12.9. The van der Waals surface area contributed by atoms with Gasteiger partial charge < -0.3 is 10.2 Å². The van der Waals surface area contributed by atoms with Crippen LogP contribution < -0.4 is 5.32 Å². The molecule has 4 rings (SSSR count). The fourth-order valence-corrected chi connectivity index (χ4v) is 3.59. The first-order valence-electron chi connectivity index (χ1n) is 9.43. The number of anilines is 1. The second-order valence-electron chi connectivity index (χ2n) is 7.31. The summed E-state index contributed by atoms with van der Waals surface area (Å²) >= 11 is 0. The number of piperidine rings is 1. The van der Waals surface area contributed by atoms with Crippen LogP contribution in [0.2, 0.25) is 0 Å². The third-order valence-corrected chi connectivity index (χ3v) is 4.86. The average Bonchev–Trinajstić information content (AvgIpc) is 3.12. The molecule has 7 nitrogen and oxygen atoms in total. The van der Waals surface area contributed by atoms with Crippen molar-refractivity contribution in [2.24, 2.45) is 0 Å². The molecule has 0 spiro atoms. The van der Waals surface area contributed by atoms with Crippen LogP contribution in [0.1, 0.15) is 48.8 Å². The van der Waals surface area contributed by atoms with E-state index < -0.39 is 0 Å². The summed E-state index contributed by atoms with van der Waals surface area (Å²) in [4.78, 5) is 19.2. The quantitative estimate of drug-likeness (QED) is 0.770. The standard InChI is InChI=1S/C20H24N6O/c1-14(2)22-17-9-8-15(12-21-17)20(27)25-10-5-6-16(13-25)19-24-23-18-7-3-4-11-26(18)19/h3-4,7-9,11-12,14,16H,5-6,10,13H2,1-2H3,(H,21,22). The molecular formula is C20H24N6O. The van der Waals surface area contributed by atoms with Crippen molar-refractivity contribution < 1.29 is 4.79 Å². The predicted octanol–water partition coefficient (Wildman–Crippen LogP) is 2.96. The Morgan fingerprint density at radius 1 is 1.22 bits per heavy atom. The molecule has 0 aromatic carbocycles. The average molecular weight is 364 g/mol. The van der Waals surface area contributed by atoms with E-state index in [9.17, 15) is 4.79 Å². The Balaban J connectivity index is 1.50. The molecule has 1 fully saturated rings. The fraction of sp³-hybridized carbons (Fsp3) is 0.400. The summed E-state index contributed by atoms with van der Waals surface area (Å²) in [6, 6.07) is 9.89. The summed E-state index contributed by atoms with van der Waals surface area (Å²) in [6.45, 7) is 5.53. The van der Waals surface area contributed by atoms with Crippen molar-refractivity contribution in [3.05, 3.63) is 54.1 Å². The lowest BCUT2D eigenvalue weighted by atomic mass is 9.96. The van der Waals surface area contributed by atoms with Gasteiger partial charge in [-0.15, -0.1) is 10.2 Å². The zero-order chi connectivity index (χ0) is 18.8. The van der Waals surface area contributed by atoms with Gasteiger partial charge in [0.2, 0.25) is 0 Å². The smallest absolute Gasteiger partial charge is 0.255 e. The molecule has 1 saturated heterocycles. The molecule has 0 aliphatic carbocycles. The number of hydrogen-bond donors (Lipinski definition) is 1. The summed E-state index contributed by atoms with van der Waals surface area (Å²) in [7, 11) is 0. The number of carbonyl (C=O) groups excluding carboxylic acids is 1. The van der Waals surface area contributed by atoms with Gasteiger partial charge in [0.05, 0.1) is 5.56 Å². The van der Waals surface area contributed by atoms with E-state index in [1.54, 1.807) is 6.20 Å². The van der Waals surface area contributed by atoms with E-state index >= 15 is 0 Å². The molecule has 1 amide bonds. The van der Waals surface area contributed by atoms with Crippen molar-refractivity contribution in [1.29, 1.82) is 0 Å². The SMILES string of the molecule is CC(C)Nc1ccc(C(=O)N2CCCC(c3nnc4ccccn34)C2)cn1. The Hall–Kier alpha value is -2.96. The largest absolute Gasteiger partial charge is 0.368 e. The molecule has 140 valence electrons. The molecule has 3 aromatic rings. The molecule has 1 atom stereocenters. The third-order valence-electron chi connectivity index (χ3n) is 4.86. The molecule has 1 aliphatic heterocycles. The van der Waals surface area contributed by atoms with Crippen LogP contribution >= 0.6 is 0 Å². The van der Waals surface area contributed by atoms with E-state index in [-0.39, 0.29) is 11.8 Å². The second kappa shape index (κ2) is 7.34. The first-order chi connectivity index (χ1) is 13.1. The summed E-state index contributed by atoms with van der Waals surface area (Å²) in [6.07, 6.45) is 5.60. The third kappa shape index (κ3) is 3.63. The highest BCUT2D eigenvalue weighted by molar-refractivity contribution is 5.94. The van der Waals surface area contributed by atoms with Crippen molar-refractivity contribution in [2.45, 2.75) is 38.6 Å². The van der Waals surface area contributed by atoms with E-state index in [0.717, 1.165) is 36.7 Å². The lowest BCUT2D eigenvalue weighted by molar-refractivity contribution is 0.0704. The van der Waals surface area contributed by atoms with E-state index in [2.05, 4.69) is 34.3 Å². The Bertz CT molecular complexity index is 933. The molecule has 1 N–H and O–H groups in total. The van der Waals surface area contributed by atoms with Crippen LogP contribution in [-0.2, 0) is 0 Å². The Morgan fingerprint density at radius 2 is 2.11 bits per heavy atom. The van der Waals surface area contributed by atoms with E-state index in [1.807, 2.05) is 45.8 Å². The van der Waals surface area contributed by atoms with Gasteiger partial charge in [0.1, 0.15) is 11.6 Å². The summed E-state index contributed by atoms with van der Waals surface area (Å²) in [5, 5.41) is 11.9. The van der Waals surface area contributed by atoms with Gasteiger partial charge in [-0.3, -0.25) is 9.20 Å². The summed E-state index contributed by atoms with van der Waals surface area (Å²) in [5.74, 6) is 1.93. The maximum Gasteiger partial charge on any atom is 0.255 e. The number of aromatic nitrogens is 4. The molecule has 1 unspecified atom stereocenters. The van der Waals surface area contributed by atoms with Gasteiger partial charge in [-0.25, -0.2) is 4.98 Å². The first-order valence-corrected chi connectivity index (χ1v) is 9.43. The first kappa shape index (κ1) is 17.5. The number of carbonyl (C=O) groups is 1. The highest BCUT2D eigenvalue weighted by atomic mass is 16.2. The number of hydrogen-bond acceptors (Lipinski definition) is 5. The molecule has 0 bridgehead atoms. The highest BCUT2D eigenvalue weighted by Gasteiger charge is 2.28. The number of likely N-dealkylation sites (tertiary alicyclic amines) is 1. The maximum absolute atomic E-state index is 12.9. The van der Waals surface area contributed by atoms with Gasteiger partial charge >= 0.3 is 0 Å². The minimum atomic E-state index is 0.0251. The van der Waals surface area contributed by atoms with Gasteiger partial charge in [0, 0.05) is 37.4 Å². The minimum Gasteiger partial charge on any atom is -0.368 e. The molecule has 7 heteroatoms. The van der Waals surface area contributed by atoms with E-state index in [1.165, 1.54) is 0 Å². The van der Waals surface area contributed by atoms with Crippen LogP contribution in [0.5, 0.6) is 0 Å². The number of fused-ring (bicyclic) bond motifs is 1. The number of nitrogens with zero attached hydrogens (tertiary/aromatic N) is 5. The zero-order valence-corrected chi connectivity index (χ0v) is 15.7. The molecule has 4 heterocycles. The molecule has 27 heavy (non-hydrogen) atoms. The molecule has 3 aromatic heterocycles. The summed E-state index contributed by atoms with van der Waals surface area (Å²) < 4.78 is 2.02. The number of pyridine rings is 2. The van der Waals surface area contributed by atoms with Gasteiger partial charge in [0.15, 0.2) is 5.65 Å². The molecule has 0 radical (unpaired) electrons. The second-order valence-corrected chi connectivity index (χ2v) is 7.31. The monoisotopic (exact) mass is 364 g/mol. The van der Waals surface area contributed by atoms with Crippen LogP contribution in [0.15, 0.2) is 42.7 Å². The van der Waals surface area contributed by atoms with Gasteiger partial charge in [0.25, 0.3) is 5.91 Å². The van der Waals surface area contributed by atoms with Crippen LogP contribution in [0.25, 0.3) is 5.65 Å². The topological polar surface area (TPSA) is 75.4 Å². The van der Waals surface area contributed by atoms with Crippen LogP contribution in [-0.4, -0.2) is 49.5 Å². The fourth-order valence-electron chi connectivity index (χ4n) is 3.59. The van der Waals surface area contributed by atoms with Crippen LogP contribution in [0.3, 0.4) is 0 Å². The van der Waals surface area contributed by atoms with E-state index in [4.69, 9.17) is 0 Å². The minimum absolute atomic E-state index is 0.0251. The van der Waals surface area contributed by atoms with Crippen molar-refractivity contribution in [3.63, 3.8) is 0 Å². The zero-order valence-electron chi connectivity index (χ0n) is 15.7. The van der Waals surface area contributed by atoms with Crippen molar-refractivity contribution >= 4 is 17.4 Å². The van der Waals surface area contributed by atoms with Gasteiger partial charge in [-0.1, -0.05) is 6.07 Å². The molecule has 1 aliphatic rings. The molecular weight excluding hydrogens is 340 g/mol. The Labute approximate surface area is 158 Å². The number of nitrogens with one attached hydrogen (secondary N) is 1. The van der Waals surface area contributed by atoms with Crippen LogP contribution in [0.4, 0.5) is 5.82 Å². The van der Waals surface area contributed by atoms with Crippen molar-refractivity contribution in [2.75, 3.05) is 18.4 Å². The highest BCUT2D eigenvalue weighted by Crippen LogP contribution is 2.27. The van der Waals surface area contributed by atoms with E-state index in [0.29, 0.717) is 18.2 Å². The normalized spacial score (nSPS) is 17.4.